The van der Waals surface area contributed by atoms with Gasteiger partial charge in [0.25, 0.3) is 0 Å². The fourth-order valence-electron chi connectivity index (χ4n) is 0.616. The molecule has 1 atom stereocenters. The molecule has 83 valence electrons. The van der Waals surface area contributed by atoms with E-state index < -0.39 is 36.9 Å². The predicted octanol–water partition coefficient (Wildman–Crippen LogP) is -4.08. The number of aliphatic carboxylic acids is 3. The van der Waals surface area contributed by atoms with Gasteiger partial charge in [0.1, 0.15) is 0 Å². The Labute approximate surface area is 89.6 Å². The zero-order valence-corrected chi connectivity index (χ0v) is 7.72. The number of carbonyl (C=O) groups excluding carboxylic acids is 2. The monoisotopic (exact) mass is 252 g/mol. The Morgan fingerprint density at radius 3 is 2.07 bits per heavy atom. The molecule has 0 rings (SSSR count). The molecule has 0 aliphatic heterocycles. The Morgan fingerprint density at radius 1 is 1.29 bits per heavy atom. The maximum Gasteiger partial charge on any atom is 2.00 e. The van der Waals surface area contributed by atoms with Crippen molar-refractivity contribution in [2.75, 3.05) is 6.54 Å². The van der Waals surface area contributed by atoms with Crippen LogP contribution in [-0.2, 0) is 31.5 Å². The van der Waals surface area contributed by atoms with E-state index >= 15 is 0 Å². The van der Waals surface area contributed by atoms with E-state index in [1.165, 1.54) is 0 Å². The first-order chi connectivity index (χ1) is 5.93. The molecule has 8 heteroatoms. The number of hydrogen-bond donors (Lipinski definition) is 2. The second-order valence-electron chi connectivity index (χ2n) is 2.22. The molecule has 0 aliphatic carbocycles. The topological polar surface area (TPSA) is 130 Å². The minimum absolute atomic E-state index is 0. The number of hydrogen-bond acceptors (Lipinski definition) is 6. The van der Waals surface area contributed by atoms with Crippen LogP contribution in [-0.4, -0.2) is 35.6 Å². The fourth-order valence-corrected chi connectivity index (χ4v) is 0.616. The average Bonchev–Trinajstić information content (AvgIpc) is 1.96. The Bertz CT molecular complexity index is 230. The number of carbonyl (C=O) groups is 3. The maximum absolute atomic E-state index is 10.2. The minimum Gasteiger partial charge on any atom is -0.550 e. The van der Waals surface area contributed by atoms with Gasteiger partial charge in [0, 0.05) is 12.4 Å². The molecular weight excluding hydrogens is 246 g/mol. The summed E-state index contributed by atoms with van der Waals surface area (Å²) >= 11 is 0. The molecular formula is C6H7CuNO6. The minimum atomic E-state index is -1.68. The van der Waals surface area contributed by atoms with Gasteiger partial charge >= 0.3 is 23.0 Å². The number of nitrogens with one attached hydrogen (secondary N) is 1. The van der Waals surface area contributed by atoms with Crippen LogP contribution in [0.25, 0.3) is 0 Å². The summed E-state index contributed by atoms with van der Waals surface area (Å²) < 4.78 is 0. The van der Waals surface area contributed by atoms with E-state index in [4.69, 9.17) is 5.11 Å². The van der Waals surface area contributed by atoms with Crippen molar-refractivity contribution in [1.82, 2.24) is 5.32 Å². The van der Waals surface area contributed by atoms with Gasteiger partial charge in [-0.2, -0.15) is 0 Å². The number of carboxylic acids is 3. The van der Waals surface area contributed by atoms with Gasteiger partial charge < -0.3 is 24.9 Å². The summed E-state index contributed by atoms with van der Waals surface area (Å²) in [4.78, 5) is 30.1. The van der Waals surface area contributed by atoms with Crippen LogP contribution in [0.3, 0.4) is 0 Å². The van der Waals surface area contributed by atoms with Gasteiger partial charge in [0.15, 0.2) is 0 Å². The molecule has 0 saturated carbocycles. The summed E-state index contributed by atoms with van der Waals surface area (Å²) in [6.07, 6.45) is -0.824. The third kappa shape index (κ3) is 7.53. The normalized spacial score (nSPS) is 11.1. The Morgan fingerprint density at radius 2 is 1.79 bits per heavy atom. The van der Waals surface area contributed by atoms with E-state index in [9.17, 15) is 24.6 Å². The fraction of sp³-hybridized carbons (Fsp3) is 0.500. The molecule has 7 nitrogen and oxygen atoms in total. The van der Waals surface area contributed by atoms with Gasteiger partial charge in [-0.25, -0.2) is 0 Å². The molecule has 0 heterocycles. The first kappa shape index (κ1) is 15.4. The van der Waals surface area contributed by atoms with Gasteiger partial charge in [-0.1, -0.05) is 0 Å². The van der Waals surface area contributed by atoms with E-state index in [1.807, 2.05) is 5.32 Å². The quantitative estimate of drug-likeness (QED) is 0.460. The van der Waals surface area contributed by atoms with E-state index in [1.54, 1.807) is 0 Å². The Hall–Kier alpha value is -1.11. The standard InChI is InChI=1S/C6H9NO6.Cu/c8-4(9)1-3(6(12)13)7-2-5(10)11;/h3,7H,1-2H2,(H,8,9)(H,10,11)(H,12,13);/q;+2/p-2. The summed E-state index contributed by atoms with van der Waals surface area (Å²) in [6, 6.07) is -1.54. The van der Waals surface area contributed by atoms with Crippen molar-refractivity contribution in [3.63, 3.8) is 0 Å². The molecule has 1 radical (unpaired) electrons. The van der Waals surface area contributed by atoms with Crippen molar-refractivity contribution in [1.29, 1.82) is 0 Å². The van der Waals surface area contributed by atoms with Gasteiger partial charge in [-0.3, -0.25) is 10.1 Å². The van der Waals surface area contributed by atoms with E-state index in [-0.39, 0.29) is 17.1 Å². The second-order valence-corrected chi connectivity index (χ2v) is 2.22. The first-order valence-electron chi connectivity index (χ1n) is 3.29. The SMILES string of the molecule is O=C([O-])CC(NCC(=O)O)C(=O)[O-].[Cu+2]. The van der Waals surface area contributed by atoms with Crippen molar-refractivity contribution in [2.24, 2.45) is 0 Å². The maximum atomic E-state index is 10.2. The summed E-state index contributed by atoms with van der Waals surface area (Å²) in [5.74, 6) is -4.55. The molecule has 0 aromatic carbocycles. The Kier molecular flexibility index (Phi) is 8.02. The number of rotatable bonds is 6. The van der Waals surface area contributed by atoms with Crippen molar-refractivity contribution in [3.8, 4) is 0 Å². The summed E-state index contributed by atoms with van der Waals surface area (Å²) in [6.45, 7) is -0.647. The van der Waals surface area contributed by atoms with Crippen LogP contribution in [0.2, 0.25) is 0 Å². The van der Waals surface area contributed by atoms with E-state index in [0.29, 0.717) is 0 Å². The first-order valence-corrected chi connectivity index (χ1v) is 3.29. The molecule has 14 heavy (non-hydrogen) atoms. The molecule has 0 saturated heterocycles. The third-order valence-electron chi connectivity index (χ3n) is 1.15. The average molecular weight is 253 g/mol. The van der Waals surface area contributed by atoms with Crippen LogP contribution in [0.15, 0.2) is 0 Å². The van der Waals surface area contributed by atoms with Crippen molar-refractivity contribution in [2.45, 2.75) is 12.5 Å². The largest absolute Gasteiger partial charge is 2.00 e. The zero-order chi connectivity index (χ0) is 10.4. The van der Waals surface area contributed by atoms with Crippen LogP contribution in [0, 0.1) is 0 Å². The van der Waals surface area contributed by atoms with Gasteiger partial charge in [0.05, 0.1) is 18.6 Å². The third-order valence-corrected chi connectivity index (χ3v) is 1.15. The van der Waals surface area contributed by atoms with Gasteiger partial charge in [-0.05, 0) is 0 Å². The van der Waals surface area contributed by atoms with Crippen molar-refractivity contribution >= 4 is 17.9 Å². The van der Waals surface area contributed by atoms with E-state index in [2.05, 4.69) is 0 Å². The molecule has 0 aromatic rings. The van der Waals surface area contributed by atoms with Crippen LogP contribution < -0.4 is 15.5 Å². The van der Waals surface area contributed by atoms with Crippen LogP contribution in [0.4, 0.5) is 0 Å². The van der Waals surface area contributed by atoms with Crippen molar-refractivity contribution < 1.29 is 46.8 Å². The van der Waals surface area contributed by atoms with Crippen molar-refractivity contribution in [3.05, 3.63) is 0 Å². The van der Waals surface area contributed by atoms with Gasteiger partial charge in [0.2, 0.25) is 0 Å². The number of carboxylic acid groups (broad SMARTS) is 3. The van der Waals surface area contributed by atoms with Crippen LogP contribution in [0.5, 0.6) is 0 Å². The summed E-state index contributed by atoms with van der Waals surface area (Å²) in [5, 5.41) is 30.3. The molecule has 0 bridgehead atoms. The summed E-state index contributed by atoms with van der Waals surface area (Å²) in [7, 11) is 0. The molecule has 0 fully saturated rings. The smallest absolute Gasteiger partial charge is 0.550 e. The molecule has 0 aliphatic rings. The molecule has 0 aromatic heterocycles. The molecule has 0 amide bonds. The summed E-state index contributed by atoms with van der Waals surface area (Å²) in [5.41, 5.74) is 0. The van der Waals surface area contributed by atoms with Crippen LogP contribution >= 0.6 is 0 Å². The van der Waals surface area contributed by atoms with Gasteiger partial charge in [-0.15, -0.1) is 0 Å². The van der Waals surface area contributed by atoms with E-state index in [0.717, 1.165) is 0 Å². The molecule has 2 N–H and O–H groups in total. The molecule has 1 unspecified atom stereocenters. The molecule has 0 spiro atoms. The second kappa shape index (κ2) is 7.31. The Balaban J connectivity index is 0. The predicted molar refractivity (Wildman–Crippen MR) is 34.1 cm³/mol. The zero-order valence-electron chi connectivity index (χ0n) is 6.78. The van der Waals surface area contributed by atoms with Crippen LogP contribution in [0.1, 0.15) is 6.42 Å².